The number of nitrogens with one attached hydrogen (secondary N) is 1. The Labute approximate surface area is 170 Å². The number of hydrogen-bond donors (Lipinski definition) is 2. The smallest absolute Gasteiger partial charge is 0.277 e. The molecule has 0 fully saturated rings. The number of para-hydroxylation sites is 2. The van der Waals surface area contributed by atoms with Crippen LogP contribution in [0.4, 0.5) is 5.69 Å². The highest BCUT2D eigenvalue weighted by atomic mass is 16.6. The quantitative estimate of drug-likeness (QED) is 0.299. The lowest BCUT2D eigenvalue weighted by atomic mass is 10.2. The lowest BCUT2D eigenvalue weighted by molar-refractivity contribution is -0.384. The largest absolute Gasteiger partial charge is 0.507 e. The molecule has 0 atom stereocenters. The maximum Gasteiger partial charge on any atom is 0.277 e. The second-order valence-electron chi connectivity index (χ2n) is 6.66. The fourth-order valence-electron chi connectivity index (χ4n) is 3.43. The van der Waals surface area contributed by atoms with Crippen molar-refractivity contribution in [3.05, 3.63) is 69.4 Å². The third-order valence-corrected chi connectivity index (χ3v) is 4.88. The number of imidazole rings is 1. The highest BCUT2D eigenvalue weighted by Gasteiger charge is 2.23. The molecule has 0 aliphatic heterocycles. The van der Waals surface area contributed by atoms with Gasteiger partial charge in [0.05, 0.1) is 27.9 Å². The fourth-order valence-corrected chi connectivity index (χ4v) is 3.43. The van der Waals surface area contributed by atoms with Crippen molar-refractivity contribution in [2.75, 3.05) is 0 Å². The first-order chi connectivity index (χ1) is 14.4. The zero-order chi connectivity index (χ0) is 21.4. The summed E-state index contributed by atoms with van der Waals surface area (Å²) in [5.41, 5.74) is 5.83. The number of nitro benzene ring substituents is 1. The molecule has 0 saturated heterocycles. The number of aromatic hydroxyl groups is 1. The third-order valence-electron chi connectivity index (χ3n) is 4.88. The molecule has 0 spiro atoms. The van der Waals surface area contributed by atoms with E-state index < -0.39 is 10.8 Å². The van der Waals surface area contributed by atoms with Gasteiger partial charge in [0, 0.05) is 24.7 Å². The predicted octanol–water partition coefficient (Wildman–Crippen LogP) is 2.77. The molecule has 0 aliphatic carbocycles. The van der Waals surface area contributed by atoms with Crippen LogP contribution in [-0.2, 0) is 13.5 Å². The molecule has 0 unspecified atom stereocenters. The maximum absolute atomic E-state index is 12.9. The van der Waals surface area contributed by atoms with Crippen molar-refractivity contribution in [1.29, 1.82) is 0 Å². The van der Waals surface area contributed by atoms with E-state index in [-0.39, 0.29) is 17.0 Å². The van der Waals surface area contributed by atoms with Crippen LogP contribution in [0.3, 0.4) is 0 Å². The maximum atomic E-state index is 12.9. The van der Waals surface area contributed by atoms with Crippen LogP contribution in [0.15, 0.2) is 47.6 Å². The molecule has 2 aromatic heterocycles. The molecule has 0 bridgehead atoms. The summed E-state index contributed by atoms with van der Waals surface area (Å²) in [6, 6.07) is 11.3. The molecule has 0 aliphatic rings. The number of aromatic nitrogens is 3. The standard InChI is InChI=1S/C20H18N6O4/c1-3-14-18(20-24(2)15-6-4-5-7-16(15)25(20)23-14)19(28)22-21-11-12-10-13(26(29)30)8-9-17(12)27/h4-11,27H,3H2,1-2H3,(H,22,28)/b21-11+. The van der Waals surface area contributed by atoms with Crippen molar-refractivity contribution in [2.24, 2.45) is 12.1 Å². The van der Waals surface area contributed by atoms with Crippen molar-refractivity contribution < 1.29 is 14.8 Å². The highest BCUT2D eigenvalue weighted by Crippen LogP contribution is 2.25. The molecule has 2 aromatic carbocycles. The van der Waals surface area contributed by atoms with Crippen molar-refractivity contribution >= 4 is 34.5 Å². The number of nitro groups is 1. The molecule has 4 rings (SSSR count). The number of rotatable bonds is 5. The summed E-state index contributed by atoms with van der Waals surface area (Å²) in [4.78, 5) is 23.2. The van der Waals surface area contributed by atoms with Crippen molar-refractivity contribution in [3.8, 4) is 5.75 Å². The van der Waals surface area contributed by atoms with Gasteiger partial charge in [0.2, 0.25) is 0 Å². The zero-order valence-electron chi connectivity index (χ0n) is 16.2. The zero-order valence-corrected chi connectivity index (χ0v) is 16.2. The van der Waals surface area contributed by atoms with Gasteiger partial charge in [-0.25, -0.2) is 9.94 Å². The van der Waals surface area contributed by atoms with Gasteiger partial charge in [-0.2, -0.15) is 10.2 Å². The number of nitrogens with zero attached hydrogens (tertiary/aromatic N) is 5. The fraction of sp³-hybridized carbons (Fsp3) is 0.150. The predicted molar refractivity (Wildman–Crippen MR) is 111 cm³/mol. The summed E-state index contributed by atoms with van der Waals surface area (Å²) in [6.07, 6.45) is 1.71. The SMILES string of the molecule is CCc1nn2c3ccccc3n(C)c2c1C(=O)N/N=C/c1cc([N+](=O)[O-])ccc1O. The van der Waals surface area contributed by atoms with Crippen LogP contribution in [0.5, 0.6) is 5.75 Å². The topological polar surface area (TPSA) is 127 Å². The van der Waals surface area contributed by atoms with E-state index in [1.54, 1.807) is 4.52 Å². The lowest BCUT2D eigenvalue weighted by Crippen LogP contribution is -2.19. The minimum absolute atomic E-state index is 0.116. The Hall–Kier alpha value is -4.21. The molecule has 10 nitrogen and oxygen atoms in total. The summed E-state index contributed by atoms with van der Waals surface area (Å²) in [7, 11) is 1.86. The minimum Gasteiger partial charge on any atom is -0.507 e. The lowest BCUT2D eigenvalue weighted by Gasteiger charge is -2.03. The van der Waals surface area contributed by atoms with Crippen LogP contribution in [0.2, 0.25) is 0 Å². The molecule has 30 heavy (non-hydrogen) atoms. The molecule has 2 N–H and O–H groups in total. The van der Waals surface area contributed by atoms with E-state index in [9.17, 15) is 20.0 Å². The first-order valence-electron chi connectivity index (χ1n) is 9.18. The number of benzene rings is 2. The summed E-state index contributed by atoms with van der Waals surface area (Å²) < 4.78 is 3.63. The van der Waals surface area contributed by atoms with E-state index in [1.165, 1.54) is 18.2 Å². The van der Waals surface area contributed by atoms with Crippen LogP contribution < -0.4 is 5.43 Å². The average Bonchev–Trinajstić information content (AvgIpc) is 3.25. The molecule has 4 aromatic rings. The molecule has 0 radical (unpaired) electrons. The Morgan fingerprint density at radius 2 is 2.03 bits per heavy atom. The molecule has 0 saturated carbocycles. The molecular formula is C20H18N6O4. The van der Waals surface area contributed by atoms with Gasteiger partial charge in [0.15, 0.2) is 0 Å². The number of carbonyl (C=O) groups excluding carboxylic acids is 1. The first-order valence-corrected chi connectivity index (χ1v) is 9.18. The van der Waals surface area contributed by atoms with Gasteiger partial charge in [0.1, 0.15) is 17.0 Å². The van der Waals surface area contributed by atoms with Crippen LogP contribution in [0, 0.1) is 10.1 Å². The van der Waals surface area contributed by atoms with Gasteiger partial charge in [-0.3, -0.25) is 14.9 Å². The van der Waals surface area contributed by atoms with Crippen molar-refractivity contribution in [1.82, 2.24) is 19.6 Å². The number of fused-ring (bicyclic) bond motifs is 3. The monoisotopic (exact) mass is 406 g/mol. The Balaban J connectivity index is 1.70. The van der Waals surface area contributed by atoms with E-state index in [0.717, 1.165) is 17.2 Å². The first kappa shape index (κ1) is 19.1. The number of phenolic OH excluding ortho intramolecular Hbond substituents is 1. The Bertz CT molecular complexity index is 1330. The number of hydrogen-bond acceptors (Lipinski definition) is 6. The second-order valence-corrected chi connectivity index (χ2v) is 6.66. The summed E-state index contributed by atoms with van der Waals surface area (Å²) >= 11 is 0. The number of aryl methyl sites for hydroxylation is 2. The summed E-state index contributed by atoms with van der Waals surface area (Å²) in [5, 5.41) is 29.2. The van der Waals surface area contributed by atoms with E-state index in [4.69, 9.17) is 0 Å². The number of carbonyl (C=O) groups is 1. The summed E-state index contributed by atoms with van der Waals surface area (Å²) in [5.74, 6) is -0.650. The number of non-ortho nitro benzene ring substituents is 1. The second kappa shape index (κ2) is 7.32. The van der Waals surface area contributed by atoms with Gasteiger partial charge < -0.3 is 9.67 Å². The number of hydrazone groups is 1. The van der Waals surface area contributed by atoms with Gasteiger partial charge in [-0.1, -0.05) is 19.1 Å². The van der Waals surface area contributed by atoms with Crippen molar-refractivity contribution in [3.63, 3.8) is 0 Å². The third kappa shape index (κ3) is 3.04. The van der Waals surface area contributed by atoms with Crippen LogP contribution in [-0.4, -0.2) is 36.3 Å². The van der Waals surface area contributed by atoms with Crippen molar-refractivity contribution in [2.45, 2.75) is 13.3 Å². The van der Waals surface area contributed by atoms with Gasteiger partial charge in [-0.15, -0.1) is 0 Å². The van der Waals surface area contributed by atoms with E-state index in [1.807, 2.05) is 42.8 Å². The van der Waals surface area contributed by atoms with E-state index in [2.05, 4.69) is 15.6 Å². The molecule has 10 heteroatoms. The highest BCUT2D eigenvalue weighted by molar-refractivity contribution is 6.03. The Kier molecular flexibility index (Phi) is 4.66. The summed E-state index contributed by atoms with van der Waals surface area (Å²) in [6.45, 7) is 1.91. The van der Waals surface area contributed by atoms with Crippen LogP contribution in [0.1, 0.15) is 28.5 Å². The number of amides is 1. The van der Waals surface area contributed by atoms with E-state index in [0.29, 0.717) is 23.3 Å². The molecule has 2 heterocycles. The van der Waals surface area contributed by atoms with Gasteiger partial charge in [0.25, 0.3) is 11.6 Å². The van der Waals surface area contributed by atoms with E-state index >= 15 is 0 Å². The Morgan fingerprint density at radius 3 is 2.73 bits per heavy atom. The molecule has 152 valence electrons. The molecule has 1 amide bonds. The van der Waals surface area contributed by atoms with Crippen LogP contribution in [0.25, 0.3) is 16.7 Å². The average molecular weight is 406 g/mol. The van der Waals surface area contributed by atoms with Gasteiger partial charge >= 0.3 is 0 Å². The van der Waals surface area contributed by atoms with Crippen LogP contribution >= 0.6 is 0 Å². The van der Waals surface area contributed by atoms with Gasteiger partial charge in [-0.05, 0) is 24.6 Å². The molecular weight excluding hydrogens is 388 g/mol. The Morgan fingerprint density at radius 1 is 1.30 bits per heavy atom. The normalized spacial score (nSPS) is 11.5. The minimum atomic E-state index is -0.577. The number of phenols is 1.